The summed E-state index contributed by atoms with van der Waals surface area (Å²) < 4.78 is 1.02. The molecule has 54 valence electrons. The number of hydrogen-bond donors (Lipinski definition) is 1. The molecular formula is C6H8N2O2. The standard InChI is InChI=1S/C6H8N2O2/c1-4-3-5(9)8(2)6(10)7-4/h3H,1-2H3,(H,7,10). The Hall–Kier alpha value is -1.32. The van der Waals surface area contributed by atoms with Crippen LogP contribution in [0.5, 0.6) is 0 Å². The van der Waals surface area contributed by atoms with Crippen molar-refractivity contribution >= 4 is 0 Å². The van der Waals surface area contributed by atoms with E-state index in [2.05, 4.69) is 4.98 Å². The molecular weight excluding hydrogens is 132 g/mol. The van der Waals surface area contributed by atoms with E-state index in [-0.39, 0.29) is 11.2 Å². The first-order valence-corrected chi connectivity index (χ1v) is 2.88. The average molecular weight is 140 g/mol. The highest BCUT2D eigenvalue weighted by molar-refractivity contribution is 4.95. The maximum absolute atomic E-state index is 10.8. The van der Waals surface area contributed by atoms with Gasteiger partial charge in [0.15, 0.2) is 0 Å². The highest BCUT2D eigenvalue weighted by atomic mass is 16.2. The van der Waals surface area contributed by atoms with Crippen LogP contribution >= 0.6 is 0 Å². The van der Waals surface area contributed by atoms with E-state index in [1.54, 1.807) is 6.92 Å². The zero-order valence-electron chi connectivity index (χ0n) is 5.84. The van der Waals surface area contributed by atoms with Crippen LogP contribution in [-0.4, -0.2) is 9.55 Å². The normalized spacial score (nSPS) is 9.80. The first-order valence-electron chi connectivity index (χ1n) is 2.88. The van der Waals surface area contributed by atoms with Crippen LogP contribution in [0.2, 0.25) is 0 Å². The first kappa shape index (κ1) is 6.80. The number of hydrogen-bond acceptors (Lipinski definition) is 2. The van der Waals surface area contributed by atoms with Gasteiger partial charge in [-0.05, 0) is 6.92 Å². The number of nitrogens with zero attached hydrogens (tertiary/aromatic N) is 1. The Labute approximate surface area is 57.1 Å². The Morgan fingerprint density at radius 3 is 2.60 bits per heavy atom. The Kier molecular flexibility index (Phi) is 1.45. The van der Waals surface area contributed by atoms with Crippen molar-refractivity contribution < 1.29 is 0 Å². The lowest BCUT2D eigenvalue weighted by molar-refractivity contribution is 0.765. The van der Waals surface area contributed by atoms with Gasteiger partial charge < -0.3 is 4.98 Å². The lowest BCUT2D eigenvalue weighted by Crippen LogP contribution is -2.32. The van der Waals surface area contributed by atoms with Gasteiger partial charge in [-0.15, -0.1) is 0 Å². The maximum Gasteiger partial charge on any atom is 0.328 e. The van der Waals surface area contributed by atoms with E-state index in [0.717, 1.165) is 4.57 Å². The highest BCUT2D eigenvalue weighted by Gasteiger charge is 1.93. The van der Waals surface area contributed by atoms with Gasteiger partial charge in [0.1, 0.15) is 0 Å². The van der Waals surface area contributed by atoms with Gasteiger partial charge in [-0.3, -0.25) is 9.36 Å². The minimum Gasteiger partial charge on any atom is -0.311 e. The molecule has 0 saturated heterocycles. The number of nitrogens with one attached hydrogen (secondary N) is 1. The van der Waals surface area contributed by atoms with E-state index in [9.17, 15) is 9.59 Å². The van der Waals surface area contributed by atoms with E-state index in [0.29, 0.717) is 5.69 Å². The zero-order chi connectivity index (χ0) is 7.72. The monoisotopic (exact) mass is 140 g/mol. The summed E-state index contributed by atoms with van der Waals surface area (Å²) in [6, 6.07) is 1.38. The molecule has 1 N–H and O–H groups in total. The van der Waals surface area contributed by atoms with Crippen molar-refractivity contribution in [3.8, 4) is 0 Å². The Balaban J connectivity index is 3.62. The van der Waals surface area contributed by atoms with Crippen LogP contribution < -0.4 is 11.2 Å². The van der Waals surface area contributed by atoms with Crippen LogP contribution in [0, 0.1) is 6.92 Å². The van der Waals surface area contributed by atoms with E-state index in [1.807, 2.05) is 0 Å². The fourth-order valence-electron chi connectivity index (χ4n) is 0.671. The lowest BCUT2D eigenvalue weighted by atomic mass is 10.4. The molecule has 4 heteroatoms. The third-order valence-electron chi connectivity index (χ3n) is 1.28. The summed E-state index contributed by atoms with van der Waals surface area (Å²) in [7, 11) is 1.43. The Bertz CT molecular complexity index is 316. The Morgan fingerprint density at radius 2 is 2.10 bits per heavy atom. The minimum atomic E-state index is -0.370. The van der Waals surface area contributed by atoms with Crippen molar-refractivity contribution in [2.24, 2.45) is 7.05 Å². The van der Waals surface area contributed by atoms with Gasteiger partial charge in [-0.25, -0.2) is 4.79 Å². The quantitative estimate of drug-likeness (QED) is 0.522. The molecule has 0 aliphatic heterocycles. The molecule has 0 atom stereocenters. The van der Waals surface area contributed by atoms with E-state index < -0.39 is 0 Å². The van der Waals surface area contributed by atoms with Crippen LogP contribution in [-0.2, 0) is 7.05 Å². The third-order valence-corrected chi connectivity index (χ3v) is 1.28. The van der Waals surface area contributed by atoms with Gasteiger partial charge in [0.05, 0.1) is 0 Å². The van der Waals surface area contributed by atoms with Crippen molar-refractivity contribution in [1.82, 2.24) is 9.55 Å². The summed E-state index contributed by atoms with van der Waals surface area (Å²) in [6.07, 6.45) is 0. The van der Waals surface area contributed by atoms with Crippen molar-refractivity contribution in [3.63, 3.8) is 0 Å². The van der Waals surface area contributed by atoms with E-state index in [1.165, 1.54) is 13.1 Å². The fourth-order valence-corrected chi connectivity index (χ4v) is 0.671. The van der Waals surface area contributed by atoms with Crippen LogP contribution in [0.4, 0.5) is 0 Å². The van der Waals surface area contributed by atoms with Crippen LogP contribution in [0.3, 0.4) is 0 Å². The molecule has 0 fully saturated rings. The van der Waals surface area contributed by atoms with Crippen LogP contribution in [0.25, 0.3) is 0 Å². The molecule has 1 aromatic heterocycles. The molecule has 0 aromatic carbocycles. The van der Waals surface area contributed by atoms with Gasteiger partial charge in [0, 0.05) is 18.8 Å². The largest absolute Gasteiger partial charge is 0.328 e. The molecule has 0 saturated carbocycles. The number of aromatic nitrogens is 2. The van der Waals surface area contributed by atoms with E-state index >= 15 is 0 Å². The number of H-pyrrole nitrogens is 1. The summed E-state index contributed by atoms with van der Waals surface area (Å²) in [5.41, 5.74) is -0.0562. The highest BCUT2D eigenvalue weighted by Crippen LogP contribution is 1.75. The molecule has 4 nitrogen and oxygen atoms in total. The molecule has 0 aliphatic rings. The molecule has 0 bridgehead atoms. The molecule has 10 heavy (non-hydrogen) atoms. The van der Waals surface area contributed by atoms with Gasteiger partial charge in [0.25, 0.3) is 5.56 Å². The predicted octanol–water partition coefficient (Wildman–Crippen LogP) is -0.618. The minimum absolute atomic E-state index is 0.277. The topological polar surface area (TPSA) is 54.9 Å². The summed E-state index contributed by atoms with van der Waals surface area (Å²) in [4.78, 5) is 24.1. The fraction of sp³-hybridized carbons (Fsp3) is 0.333. The van der Waals surface area contributed by atoms with Crippen molar-refractivity contribution in [1.29, 1.82) is 0 Å². The van der Waals surface area contributed by atoms with Crippen LogP contribution in [0.15, 0.2) is 15.7 Å². The molecule has 0 unspecified atom stereocenters. The third kappa shape index (κ3) is 1.00. The maximum atomic E-state index is 10.8. The molecule has 0 spiro atoms. The van der Waals surface area contributed by atoms with Crippen molar-refractivity contribution in [2.75, 3.05) is 0 Å². The van der Waals surface area contributed by atoms with Crippen molar-refractivity contribution in [3.05, 3.63) is 32.6 Å². The van der Waals surface area contributed by atoms with Gasteiger partial charge >= 0.3 is 5.69 Å². The van der Waals surface area contributed by atoms with Crippen molar-refractivity contribution in [2.45, 2.75) is 6.92 Å². The molecule has 1 heterocycles. The second-order valence-electron chi connectivity index (χ2n) is 2.15. The second-order valence-corrected chi connectivity index (χ2v) is 2.15. The number of aryl methyl sites for hydroxylation is 1. The number of aromatic amines is 1. The smallest absolute Gasteiger partial charge is 0.311 e. The summed E-state index contributed by atoms with van der Waals surface area (Å²) in [6.45, 7) is 1.67. The molecule has 0 amide bonds. The SMILES string of the molecule is Cc1cc(=O)n(C)c(=O)[nH]1. The molecule has 0 radical (unpaired) electrons. The summed E-state index contributed by atoms with van der Waals surface area (Å²) in [5, 5.41) is 0. The van der Waals surface area contributed by atoms with Gasteiger partial charge in [-0.1, -0.05) is 0 Å². The predicted molar refractivity (Wildman–Crippen MR) is 37.0 cm³/mol. The first-order chi connectivity index (χ1) is 4.61. The number of rotatable bonds is 0. The molecule has 1 rings (SSSR count). The molecule has 0 aliphatic carbocycles. The van der Waals surface area contributed by atoms with Gasteiger partial charge in [-0.2, -0.15) is 0 Å². The lowest BCUT2D eigenvalue weighted by Gasteiger charge is -1.94. The zero-order valence-corrected chi connectivity index (χ0v) is 5.84. The molecule has 1 aromatic rings. The van der Waals surface area contributed by atoms with Gasteiger partial charge in [0.2, 0.25) is 0 Å². The van der Waals surface area contributed by atoms with E-state index in [4.69, 9.17) is 0 Å². The second kappa shape index (κ2) is 2.13. The summed E-state index contributed by atoms with van der Waals surface area (Å²) >= 11 is 0. The summed E-state index contributed by atoms with van der Waals surface area (Å²) in [5.74, 6) is 0. The van der Waals surface area contributed by atoms with Crippen LogP contribution in [0.1, 0.15) is 5.69 Å². The Morgan fingerprint density at radius 1 is 1.50 bits per heavy atom. The average Bonchev–Trinajstić information content (AvgIpc) is 1.82.